The number of amides is 1. The van der Waals surface area contributed by atoms with Crippen LogP contribution >= 0.6 is 11.3 Å². The summed E-state index contributed by atoms with van der Waals surface area (Å²) in [6.45, 7) is 1.17. The average Bonchev–Trinajstić information content (AvgIpc) is 2.97. The summed E-state index contributed by atoms with van der Waals surface area (Å²) in [4.78, 5) is 28.0. The van der Waals surface area contributed by atoms with Crippen molar-refractivity contribution in [3.05, 3.63) is 16.1 Å². The van der Waals surface area contributed by atoms with Gasteiger partial charge in [-0.25, -0.2) is 9.78 Å². The molecular formula is C10H12N2O4S. The lowest BCUT2D eigenvalue weighted by Gasteiger charge is -2.14. The van der Waals surface area contributed by atoms with Gasteiger partial charge < -0.3 is 15.1 Å². The van der Waals surface area contributed by atoms with Crippen LogP contribution in [0.4, 0.5) is 0 Å². The number of carbonyl (C=O) groups excluding carboxylic acids is 1. The summed E-state index contributed by atoms with van der Waals surface area (Å²) in [5.74, 6) is -1.26. The highest BCUT2D eigenvalue weighted by Gasteiger charge is 2.28. The van der Waals surface area contributed by atoms with Gasteiger partial charge in [0.15, 0.2) is 0 Å². The average molecular weight is 256 g/mol. The molecular weight excluding hydrogens is 244 g/mol. The third-order valence-corrected chi connectivity index (χ3v) is 3.57. The van der Waals surface area contributed by atoms with Crippen molar-refractivity contribution in [1.82, 2.24) is 9.88 Å². The molecule has 0 aromatic carbocycles. The number of carboxylic acids is 1. The van der Waals surface area contributed by atoms with Crippen molar-refractivity contribution in [2.75, 3.05) is 19.7 Å². The summed E-state index contributed by atoms with van der Waals surface area (Å²) < 4.78 is 0. The van der Waals surface area contributed by atoms with Crippen LogP contribution in [0.3, 0.4) is 0 Å². The number of aromatic carboxylic acids is 1. The SMILES string of the molecule is O=C(O)c1nc(C(=O)N2CCC(CO)C2)cs1. The monoisotopic (exact) mass is 256 g/mol. The number of aromatic nitrogens is 1. The van der Waals surface area contributed by atoms with Gasteiger partial charge in [0.05, 0.1) is 0 Å². The van der Waals surface area contributed by atoms with Gasteiger partial charge in [-0.2, -0.15) is 0 Å². The lowest BCUT2D eigenvalue weighted by Crippen LogP contribution is -2.29. The van der Waals surface area contributed by atoms with Crippen molar-refractivity contribution in [3.8, 4) is 0 Å². The van der Waals surface area contributed by atoms with Crippen LogP contribution in [0.15, 0.2) is 5.38 Å². The molecule has 1 fully saturated rings. The first-order valence-corrected chi connectivity index (χ1v) is 6.08. The number of carbonyl (C=O) groups is 2. The Morgan fingerprint density at radius 3 is 2.88 bits per heavy atom. The zero-order chi connectivity index (χ0) is 12.4. The van der Waals surface area contributed by atoms with E-state index in [1.54, 1.807) is 4.90 Å². The lowest BCUT2D eigenvalue weighted by molar-refractivity contribution is 0.0696. The molecule has 1 atom stereocenters. The maximum atomic E-state index is 11.9. The Kier molecular flexibility index (Phi) is 3.39. The van der Waals surface area contributed by atoms with Crippen molar-refractivity contribution in [2.24, 2.45) is 5.92 Å². The minimum atomic E-state index is -1.12. The van der Waals surface area contributed by atoms with E-state index in [1.807, 2.05) is 0 Å². The summed E-state index contributed by atoms with van der Waals surface area (Å²) in [6.07, 6.45) is 0.776. The van der Waals surface area contributed by atoms with Gasteiger partial charge in [0.25, 0.3) is 5.91 Å². The highest BCUT2D eigenvalue weighted by Crippen LogP contribution is 2.19. The highest BCUT2D eigenvalue weighted by molar-refractivity contribution is 7.11. The normalized spacial score (nSPS) is 19.6. The van der Waals surface area contributed by atoms with E-state index in [1.165, 1.54) is 5.38 Å². The fraction of sp³-hybridized carbons (Fsp3) is 0.500. The molecule has 7 heteroatoms. The molecule has 1 aliphatic heterocycles. The summed E-state index contributed by atoms with van der Waals surface area (Å²) >= 11 is 0.944. The smallest absolute Gasteiger partial charge is 0.365 e. The molecule has 6 nitrogen and oxygen atoms in total. The van der Waals surface area contributed by atoms with Crippen LogP contribution < -0.4 is 0 Å². The standard InChI is InChI=1S/C10H12N2O4S/c13-4-6-1-2-12(3-6)9(14)7-5-17-8(11-7)10(15)16/h5-6,13H,1-4H2,(H,15,16). The molecule has 2 N–H and O–H groups in total. The number of thiazole rings is 1. The molecule has 1 aliphatic rings. The lowest BCUT2D eigenvalue weighted by atomic mass is 10.1. The highest BCUT2D eigenvalue weighted by atomic mass is 32.1. The molecule has 1 amide bonds. The van der Waals surface area contributed by atoms with Crippen LogP contribution in [0.2, 0.25) is 0 Å². The van der Waals surface area contributed by atoms with Crippen LogP contribution in [0.25, 0.3) is 0 Å². The molecule has 92 valence electrons. The summed E-state index contributed by atoms with van der Waals surface area (Å²) in [6, 6.07) is 0. The first-order chi connectivity index (χ1) is 8.11. The quantitative estimate of drug-likeness (QED) is 0.811. The fourth-order valence-corrected chi connectivity index (χ4v) is 2.43. The van der Waals surface area contributed by atoms with Crippen molar-refractivity contribution < 1.29 is 19.8 Å². The Hall–Kier alpha value is -1.47. The van der Waals surface area contributed by atoms with Gasteiger partial charge in [-0.05, 0) is 6.42 Å². The second-order valence-corrected chi connectivity index (χ2v) is 4.79. The van der Waals surface area contributed by atoms with E-state index in [-0.39, 0.29) is 29.1 Å². The van der Waals surface area contributed by atoms with E-state index in [0.29, 0.717) is 13.1 Å². The van der Waals surface area contributed by atoms with Gasteiger partial charge in [0, 0.05) is 31.0 Å². The molecule has 0 radical (unpaired) electrons. The Labute approximate surface area is 102 Å². The van der Waals surface area contributed by atoms with Crippen molar-refractivity contribution in [3.63, 3.8) is 0 Å². The molecule has 1 aromatic heterocycles. The largest absolute Gasteiger partial charge is 0.476 e. The van der Waals surface area contributed by atoms with Crippen molar-refractivity contribution in [1.29, 1.82) is 0 Å². The van der Waals surface area contributed by atoms with Gasteiger partial charge >= 0.3 is 5.97 Å². The number of hydrogen-bond donors (Lipinski definition) is 2. The molecule has 0 bridgehead atoms. The second kappa shape index (κ2) is 4.80. The molecule has 1 aromatic rings. The topological polar surface area (TPSA) is 90.7 Å². The van der Waals surface area contributed by atoms with E-state index in [9.17, 15) is 9.59 Å². The fourth-order valence-electron chi connectivity index (χ4n) is 1.80. The maximum Gasteiger partial charge on any atom is 0.365 e. The van der Waals surface area contributed by atoms with E-state index in [4.69, 9.17) is 10.2 Å². The number of hydrogen-bond acceptors (Lipinski definition) is 5. The van der Waals surface area contributed by atoms with E-state index in [2.05, 4.69) is 4.98 Å². The Bertz CT molecular complexity index is 445. The van der Waals surface area contributed by atoms with Gasteiger partial charge in [-0.15, -0.1) is 11.3 Å². The van der Waals surface area contributed by atoms with E-state index < -0.39 is 5.97 Å². The first-order valence-electron chi connectivity index (χ1n) is 5.20. The van der Waals surface area contributed by atoms with E-state index >= 15 is 0 Å². The first kappa shape index (κ1) is 12.0. The number of likely N-dealkylation sites (tertiary alicyclic amines) is 1. The summed E-state index contributed by atoms with van der Waals surface area (Å²) in [5.41, 5.74) is 0.172. The number of nitrogens with zero attached hydrogens (tertiary/aromatic N) is 2. The molecule has 0 saturated carbocycles. The number of rotatable bonds is 3. The number of aliphatic hydroxyl groups excluding tert-OH is 1. The molecule has 0 aliphatic carbocycles. The van der Waals surface area contributed by atoms with Crippen LogP contribution in [-0.4, -0.2) is 51.7 Å². The zero-order valence-corrected chi connectivity index (χ0v) is 9.81. The van der Waals surface area contributed by atoms with Gasteiger partial charge in [0.1, 0.15) is 5.69 Å². The Morgan fingerprint density at radius 1 is 1.59 bits per heavy atom. The van der Waals surface area contributed by atoms with Crippen molar-refractivity contribution >= 4 is 23.2 Å². The van der Waals surface area contributed by atoms with Gasteiger partial charge in [0.2, 0.25) is 5.01 Å². The molecule has 2 heterocycles. The van der Waals surface area contributed by atoms with Crippen LogP contribution in [0.5, 0.6) is 0 Å². The van der Waals surface area contributed by atoms with Gasteiger partial charge in [-0.1, -0.05) is 0 Å². The third-order valence-electron chi connectivity index (χ3n) is 2.74. The Morgan fingerprint density at radius 2 is 2.35 bits per heavy atom. The molecule has 0 spiro atoms. The predicted octanol–water partition coefficient (Wildman–Crippen LogP) is 0.296. The zero-order valence-electron chi connectivity index (χ0n) is 9.00. The number of carboxylic acid groups (broad SMARTS) is 1. The van der Waals surface area contributed by atoms with Crippen LogP contribution in [-0.2, 0) is 0 Å². The van der Waals surface area contributed by atoms with Crippen LogP contribution in [0, 0.1) is 5.92 Å². The summed E-state index contributed by atoms with van der Waals surface area (Å²) in [7, 11) is 0. The molecule has 1 saturated heterocycles. The molecule has 2 rings (SSSR count). The third kappa shape index (κ3) is 2.45. The Balaban J connectivity index is 2.07. The number of aliphatic hydroxyl groups is 1. The van der Waals surface area contributed by atoms with Crippen molar-refractivity contribution in [2.45, 2.75) is 6.42 Å². The van der Waals surface area contributed by atoms with Gasteiger partial charge in [-0.3, -0.25) is 4.79 Å². The minimum absolute atomic E-state index is 0.0707. The minimum Gasteiger partial charge on any atom is -0.476 e. The van der Waals surface area contributed by atoms with Crippen LogP contribution in [0.1, 0.15) is 26.7 Å². The predicted molar refractivity (Wildman–Crippen MR) is 60.2 cm³/mol. The second-order valence-electron chi connectivity index (χ2n) is 3.93. The molecule has 1 unspecified atom stereocenters. The summed E-state index contributed by atoms with van der Waals surface area (Å²) in [5, 5.41) is 19.1. The maximum absolute atomic E-state index is 11.9. The molecule has 17 heavy (non-hydrogen) atoms. The van der Waals surface area contributed by atoms with E-state index in [0.717, 1.165) is 17.8 Å².